The van der Waals surface area contributed by atoms with Crippen molar-refractivity contribution in [2.24, 2.45) is 0 Å². The largest absolute Gasteiger partial charge is 0.508 e. The molecule has 1 aliphatic rings. The van der Waals surface area contributed by atoms with E-state index in [2.05, 4.69) is 9.88 Å². The maximum absolute atomic E-state index is 13.3. The van der Waals surface area contributed by atoms with Gasteiger partial charge in [-0.2, -0.15) is 0 Å². The standard InChI is InChI=1S/C21H19Cl2N3O3/c1-12-11-25(13-2-4-17(22)18(23)8-13)6-7-26(12)21(29)16-10-20(28)24-19-5-3-14(27)9-15(16)19/h2-5,8-10,12,27H,6-7,11H2,1H3,(H,24,28). The molecule has 2 aromatic carbocycles. The minimum Gasteiger partial charge on any atom is -0.508 e. The molecule has 4 rings (SSSR count). The van der Waals surface area contributed by atoms with Gasteiger partial charge < -0.3 is 19.9 Å². The van der Waals surface area contributed by atoms with E-state index in [-0.39, 0.29) is 28.8 Å². The Labute approximate surface area is 177 Å². The molecule has 1 aromatic heterocycles. The fourth-order valence-electron chi connectivity index (χ4n) is 3.75. The van der Waals surface area contributed by atoms with Gasteiger partial charge in [-0.15, -0.1) is 0 Å². The number of carbonyl (C=O) groups excluding carboxylic acids is 1. The zero-order chi connectivity index (χ0) is 20.7. The highest BCUT2D eigenvalue weighted by molar-refractivity contribution is 6.42. The zero-order valence-electron chi connectivity index (χ0n) is 15.7. The second-order valence-corrected chi connectivity index (χ2v) is 7.98. The van der Waals surface area contributed by atoms with Gasteiger partial charge in [0.2, 0.25) is 5.56 Å². The van der Waals surface area contributed by atoms with Gasteiger partial charge in [0.25, 0.3) is 5.91 Å². The molecule has 0 spiro atoms. The van der Waals surface area contributed by atoms with Gasteiger partial charge in [0, 0.05) is 48.3 Å². The number of amides is 1. The Hall–Kier alpha value is -2.70. The second-order valence-electron chi connectivity index (χ2n) is 7.17. The van der Waals surface area contributed by atoms with Gasteiger partial charge in [-0.05, 0) is 43.3 Å². The highest BCUT2D eigenvalue weighted by Crippen LogP contribution is 2.29. The molecule has 6 nitrogen and oxygen atoms in total. The molecule has 3 aromatic rings. The molecule has 1 amide bonds. The molecule has 1 aliphatic heterocycles. The van der Waals surface area contributed by atoms with Crippen molar-refractivity contribution in [2.45, 2.75) is 13.0 Å². The van der Waals surface area contributed by atoms with Crippen LogP contribution in [-0.2, 0) is 0 Å². The van der Waals surface area contributed by atoms with E-state index in [4.69, 9.17) is 23.2 Å². The highest BCUT2D eigenvalue weighted by atomic mass is 35.5. The number of aromatic hydroxyl groups is 1. The lowest BCUT2D eigenvalue weighted by Crippen LogP contribution is -2.54. The van der Waals surface area contributed by atoms with Crippen molar-refractivity contribution in [3.8, 4) is 5.75 Å². The number of hydrogen-bond donors (Lipinski definition) is 2. The van der Waals surface area contributed by atoms with Crippen molar-refractivity contribution in [2.75, 3.05) is 24.5 Å². The molecule has 29 heavy (non-hydrogen) atoms. The molecular formula is C21H19Cl2N3O3. The Morgan fingerprint density at radius 3 is 2.62 bits per heavy atom. The fraction of sp³-hybridized carbons (Fsp3) is 0.238. The number of H-pyrrole nitrogens is 1. The molecule has 1 unspecified atom stereocenters. The Morgan fingerprint density at radius 2 is 1.90 bits per heavy atom. The number of anilines is 1. The third kappa shape index (κ3) is 3.78. The topological polar surface area (TPSA) is 76.6 Å². The van der Waals surface area contributed by atoms with Crippen LogP contribution in [0.4, 0.5) is 5.69 Å². The Bertz CT molecular complexity index is 1160. The van der Waals surface area contributed by atoms with Crippen LogP contribution in [0, 0.1) is 0 Å². The third-order valence-electron chi connectivity index (χ3n) is 5.21. The minimum absolute atomic E-state index is 0.0380. The maximum atomic E-state index is 13.3. The van der Waals surface area contributed by atoms with E-state index in [0.717, 1.165) is 5.69 Å². The van der Waals surface area contributed by atoms with Crippen molar-refractivity contribution >= 4 is 45.7 Å². The number of aromatic nitrogens is 1. The first-order valence-corrected chi connectivity index (χ1v) is 9.96. The molecule has 0 bridgehead atoms. The van der Waals surface area contributed by atoms with Crippen LogP contribution in [0.25, 0.3) is 10.9 Å². The van der Waals surface area contributed by atoms with Gasteiger partial charge in [-0.1, -0.05) is 23.2 Å². The quantitative estimate of drug-likeness (QED) is 0.644. The molecular weight excluding hydrogens is 413 g/mol. The highest BCUT2D eigenvalue weighted by Gasteiger charge is 2.29. The van der Waals surface area contributed by atoms with Crippen LogP contribution < -0.4 is 10.5 Å². The average Bonchev–Trinajstić information content (AvgIpc) is 2.69. The minimum atomic E-state index is -0.353. The number of phenolic OH excluding ortho intramolecular Hbond substituents is 1. The van der Waals surface area contributed by atoms with E-state index < -0.39 is 0 Å². The summed E-state index contributed by atoms with van der Waals surface area (Å²) in [6.45, 7) is 3.71. The zero-order valence-corrected chi connectivity index (χ0v) is 17.2. The fourth-order valence-corrected chi connectivity index (χ4v) is 4.04. The van der Waals surface area contributed by atoms with Crippen LogP contribution in [0.5, 0.6) is 5.75 Å². The first-order chi connectivity index (χ1) is 13.8. The van der Waals surface area contributed by atoms with E-state index in [1.54, 1.807) is 17.0 Å². The molecule has 0 saturated carbocycles. The maximum Gasteiger partial charge on any atom is 0.255 e. The normalized spacial score (nSPS) is 17.0. The molecule has 0 aliphatic carbocycles. The summed E-state index contributed by atoms with van der Waals surface area (Å²) in [6.07, 6.45) is 0. The van der Waals surface area contributed by atoms with Gasteiger partial charge in [0.15, 0.2) is 0 Å². The van der Waals surface area contributed by atoms with Crippen LogP contribution in [0.3, 0.4) is 0 Å². The van der Waals surface area contributed by atoms with Gasteiger partial charge in [-0.25, -0.2) is 0 Å². The van der Waals surface area contributed by atoms with Crippen LogP contribution in [0.2, 0.25) is 10.0 Å². The third-order valence-corrected chi connectivity index (χ3v) is 5.95. The van der Waals surface area contributed by atoms with Crippen molar-refractivity contribution in [3.05, 3.63) is 68.4 Å². The summed E-state index contributed by atoms with van der Waals surface area (Å²) in [5, 5.41) is 11.3. The lowest BCUT2D eigenvalue weighted by Gasteiger charge is -2.41. The Kier molecular flexibility index (Phi) is 5.15. The lowest BCUT2D eigenvalue weighted by molar-refractivity contribution is 0.0676. The van der Waals surface area contributed by atoms with Gasteiger partial charge in [0.05, 0.1) is 15.6 Å². The van der Waals surface area contributed by atoms with E-state index in [9.17, 15) is 14.7 Å². The van der Waals surface area contributed by atoms with Crippen LogP contribution in [0.1, 0.15) is 17.3 Å². The summed E-state index contributed by atoms with van der Waals surface area (Å²) in [4.78, 5) is 31.9. The van der Waals surface area contributed by atoms with Crippen molar-refractivity contribution in [1.29, 1.82) is 0 Å². The monoisotopic (exact) mass is 431 g/mol. The number of hydrogen-bond acceptors (Lipinski definition) is 4. The van der Waals surface area contributed by atoms with Crippen LogP contribution in [-0.4, -0.2) is 46.6 Å². The number of aromatic amines is 1. The summed E-state index contributed by atoms with van der Waals surface area (Å²) in [5.74, 6) is -0.191. The van der Waals surface area contributed by atoms with Crippen molar-refractivity contribution < 1.29 is 9.90 Å². The molecule has 1 fully saturated rings. The van der Waals surface area contributed by atoms with Crippen molar-refractivity contribution in [3.63, 3.8) is 0 Å². The number of fused-ring (bicyclic) bond motifs is 1. The van der Waals surface area contributed by atoms with Gasteiger partial charge >= 0.3 is 0 Å². The van der Waals surface area contributed by atoms with Crippen LogP contribution >= 0.6 is 23.2 Å². The molecule has 1 atom stereocenters. The first kappa shape index (κ1) is 19.6. The predicted octanol–water partition coefficient (Wildman–Crippen LogP) is 3.89. The van der Waals surface area contributed by atoms with Crippen molar-refractivity contribution in [1.82, 2.24) is 9.88 Å². The Morgan fingerprint density at radius 1 is 1.10 bits per heavy atom. The van der Waals surface area contributed by atoms with E-state index in [1.807, 2.05) is 19.1 Å². The number of pyridine rings is 1. The summed E-state index contributed by atoms with van der Waals surface area (Å²) >= 11 is 12.1. The van der Waals surface area contributed by atoms with Gasteiger partial charge in [0.1, 0.15) is 5.75 Å². The number of nitrogens with one attached hydrogen (secondary N) is 1. The average molecular weight is 432 g/mol. The number of benzene rings is 2. The van der Waals surface area contributed by atoms with E-state index in [0.29, 0.717) is 40.6 Å². The molecule has 2 heterocycles. The summed E-state index contributed by atoms with van der Waals surface area (Å²) in [6, 6.07) is 11.3. The predicted molar refractivity (Wildman–Crippen MR) is 115 cm³/mol. The number of phenols is 1. The number of carbonyl (C=O) groups is 1. The summed E-state index contributed by atoms with van der Waals surface area (Å²) < 4.78 is 0. The molecule has 8 heteroatoms. The number of rotatable bonds is 2. The second kappa shape index (κ2) is 7.61. The molecule has 0 radical (unpaired) electrons. The molecule has 2 N–H and O–H groups in total. The molecule has 150 valence electrons. The lowest BCUT2D eigenvalue weighted by atomic mass is 10.1. The summed E-state index contributed by atoms with van der Waals surface area (Å²) in [7, 11) is 0. The van der Waals surface area contributed by atoms with E-state index in [1.165, 1.54) is 18.2 Å². The SMILES string of the molecule is CC1CN(c2ccc(Cl)c(Cl)c2)CCN1C(=O)c1cc(=O)[nH]c2ccc(O)cc12. The number of piperazine rings is 1. The van der Waals surface area contributed by atoms with Gasteiger partial charge in [-0.3, -0.25) is 9.59 Å². The Balaban J connectivity index is 1.61. The number of halogens is 2. The number of nitrogens with zero attached hydrogens (tertiary/aromatic N) is 2. The summed E-state index contributed by atoms with van der Waals surface area (Å²) in [5.41, 5.74) is 1.40. The van der Waals surface area contributed by atoms with Crippen LogP contribution in [0.15, 0.2) is 47.3 Å². The molecule has 1 saturated heterocycles. The first-order valence-electron chi connectivity index (χ1n) is 9.20. The van der Waals surface area contributed by atoms with E-state index >= 15 is 0 Å². The smallest absolute Gasteiger partial charge is 0.255 e.